The zero-order valence-corrected chi connectivity index (χ0v) is 8.63. The number of fused-ring (bicyclic) bond motifs is 1. The van der Waals surface area contributed by atoms with E-state index in [-0.39, 0.29) is 22.4 Å². The normalized spacial score (nSPS) is 13.2. The largest absolute Gasteiger partial charge is 0.397 e. The smallest absolute Gasteiger partial charge is 0.261 e. The molecule has 0 radical (unpaired) electrons. The van der Waals surface area contributed by atoms with E-state index >= 15 is 0 Å². The molecule has 0 unspecified atom stereocenters. The van der Waals surface area contributed by atoms with Gasteiger partial charge < -0.3 is 5.73 Å². The minimum Gasteiger partial charge on any atom is -0.397 e. The molecule has 3 N–H and O–H groups in total. The third-order valence-corrected chi connectivity index (χ3v) is 2.64. The number of nitrogen functional groups attached to an aromatic ring is 1. The van der Waals surface area contributed by atoms with Crippen LogP contribution in [0.5, 0.6) is 0 Å². The topological polar surface area (TPSA) is 96.0 Å². The van der Waals surface area contributed by atoms with Crippen LogP contribution in [0.1, 0.15) is 38.8 Å². The second-order valence-corrected chi connectivity index (χ2v) is 3.50. The van der Waals surface area contributed by atoms with Crippen molar-refractivity contribution in [3.63, 3.8) is 0 Å². The van der Waals surface area contributed by atoms with Gasteiger partial charge in [0.25, 0.3) is 11.8 Å². The highest BCUT2D eigenvalue weighted by molar-refractivity contribution is 6.24. The molecule has 5 nitrogen and oxygen atoms in total. The minimum atomic E-state index is -0.531. The number of aryl methyl sites for hydroxylation is 1. The summed E-state index contributed by atoms with van der Waals surface area (Å²) in [6.07, 6.45) is 0.585. The van der Waals surface area contributed by atoms with Gasteiger partial charge in [0.05, 0.1) is 22.4 Å². The molecule has 0 aromatic heterocycles. The van der Waals surface area contributed by atoms with Crippen molar-refractivity contribution in [3.8, 4) is 6.07 Å². The lowest BCUT2D eigenvalue weighted by Crippen LogP contribution is -2.20. The quantitative estimate of drug-likeness (QED) is 0.529. The van der Waals surface area contributed by atoms with Crippen LogP contribution in [0.2, 0.25) is 0 Å². The van der Waals surface area contributed by atoms with Crippen LogP contribution in [0.15, 0.2) is 6.07 Å². The molecule has 16 heavy (non-hydrogen) atoms. The standard InChI is InChI=1S/C11H9N3O2/c1-2-5-3-6-8(9(13)7(5)4-12)11(16)14-10(6)15/h3H,2,13H2,1H3,(H,14,15,16). The van der Waals surface area contributed by atoms with Gasteiger partial charge in [-0.3, -0.25) is 14.9 Å². The first kappa shape index (κ1) is 10.2. The highest BCUT2D eigenvalue weighted by atomic mass is 16.2. The third-order valence-electron chi connectivity index (χ3n) is 2.64. The Kier molecular flexibility index (Phi) is 2.13. The van der Waals surface area contributed by atoms with Crippen molar-refractivity contribution in [2.75, 3.05) is 5.73 Å². The molecule has 0 spiro atoms. The van der Waals surface area contributed by atoms with E-state index < -0.39 is 11.8 Å². The number of nitrogens with two attached hydrogens (primary N) is 1. The van der Waals surface area contributed by atoms with Crippen LogP contribution in [0.3, 0.4) is 0 Å². The van der Waals surface area contributed by atoms with Gasteiger partial charge in [-0.15, -0.1) is 0 Å². The molecule has 0 aliphatic carbocycles. The van der Waals surface area contributed by atoms with Gasteiger partial charge in [0.2, 0.25) is 0 Å². The molecule has 0 atom stereocenters. The summed E-state index contributed by atoms with van der Waals surface area (Å²) in [6.45, 7) is 1.86. The molecule has 1 aromatic rings. The summed E-state index contributed by atoms with van der Waals surface area (Å²) in [7, 11) is 0. The Labute approximate surface area is 91.9 Å². The van der Waals surface area contributed by atoms with Gasteiger partial charge >= 0.3 is 0 Å². The Morgan fingerprint density at radius 2 is 2.12 bits per heavy atom. The van der Waals surface area contributed by atoms with E-state index in [0.717, 1.165) is 0 Å². The maximum atomic E-state index is 11.4. The fraction of sp³-hybridized carbons (Fsp3) is 0.182. The van der Waals surface area contributed by atoms with Crippen LogP contribution in [-0.2, 0) is 6.42 Å². The second kappa shape index (κ2) is 3.35. The molecule has 1 aliphatic heterocycles. The number of carbonyl (C=O) groups excluding carboxylic acids is 2. The molecule has 2 amide bonds. The monoisotopic (exact) mass is 215 g/mol. The Hall–Kier alpha value is -2.35. The van der Waals surface area contributed by atoms with Crippen LogP contribution in [0.4, 0.5) is 5.69 Å². The first-order valence-corrected chi connectivity index (χ1v) is 4.81. The van der Waals surface area contributed by atoms with Crippen molar-refractivity contribution in [2.24, 2.45) is 0 Å². The molecule has 0 saturated carbocycles. The molecule has 2 rings (SSSR count). The lowest BCUT2D eigenvalue weighted by molar-refractivity contribution is 0.0880. The van der Waals surface area contributed by atoms with Crippen molar-refractivity contribution in [1.82, 2.24) is 5.32 Å². The van der Waals surface area contributed by atoms with Crippen molar-refractivity contribution in [2.45, 2.75) is 13.3 Å². The maximum Gasteiger partial charge on any atom is 0.261 e. The van der Waals surface area contributed by atoms with Crippen LogP contribution in [0.25, 0.3) is 0 Å². The average Bonchev–Trinajstić information content (AvgIpc) is 2.54. The molecule has 1 aliphatic rings. The minimum absolute atomic E-state index is 0.0974. The zero-order chi connectivity index (χ0) is 11.9. The number of carbonyl (C=O) groups is 2. The lowest BCUT2D eigenvalue weighted by atomic mass is 9.96. The molecule has 5 heteroatoms. The summed E-state index contributed by atoms with van der Waals surface area (Å²) in [5, 5.41) is 11.1. The lowest BCUT2D eigenvalue weighted by Gasteiger charge is -2.07. The maximum absolute atomic E-state index is 11.4. The van der Waals surface area contributed by atoms with E-state index in [9.17, 15) is 9.59 Å². The van der Waals surface area contributed by atoms with E-state index in [1.165, 1.54) is 0 Å². The number of nitrogens with one attached hydrogen (secondary N) is 1. The van der Waals surface area contributed by atoms with Crippen molar-refractivity contribution < 1.29 is 9.59 Å². The van der Waals surface area contributed by atoms with Gasteiger partial charge in [-0.25, -0.2) is 0 Å². The number of rotatable bonds is 1. The molecule has 1 heterocycles. The average molecular weight is 215 g/mol. The predicted molar refractivity (Wildman–Crippen MR) is 56.7 cm³/mol. The highest BCUT2D eigenvalue weighted by Gasteiger charge is 2.31. The van der Waals surface area contributed by atoms with Crippen molar-refractivity contribution in [3.05, 3.63) is 28.3 Å². The van der Waals surface area contributed by atoms with Gasteiger partial charge in [-0.1, -0.05) is 6.92 Å². The van der Waals surface area contributed by atoms with E-state index in [1.807, 2.05) is 13.0 Å². The number of amides is 2. The van der Waals surface area contributed by atoms with E-state index in [0.29, 0.717) is 12.0 Å². The van der Waals surface area contributed by atoms with Gasteiger partial charge in [0.15, 0.2) is 0 Å². The first-order valence-electron chi connectivity index (χ1n) is 4.81. The predicted octanol–water partition coefficient (Wildman–Crippen LogP) is 0.586. The highest BCUT2D eigenvalue weighted by Crippen LogP contribution is 2.28. The molecule has 0 bridgehead atoms. The summed E-state index contributed by atoms with van der Waals surface area (Å²) in [5.74, 6) is -0.984. The van der Waals surface area contributed by atoms with Gasteiger partial charge in [-0.05, 0) is 18.1 Å². The van der Waals surface area contributed by atoms with Crippen molar-refractivity contribution >= 4 is 17.5 Å². The number of imide groups is 1. The molecule has 80 valence electrons. The molecular formula is C11H9N3O2. The van der Waals surface area contributed by atoms with Crippen LogP contribution < -0.4 is 11.1 Å². The molecule has 0 saturated heterocycles. The summed E-state index contributed by atoms with van der Waals surface area (Å²) in [6, 6.07) is 3.52. The summed E-state index contributed by atoms with van der Waals surface area (Å²) in [5.41, 5.74) is 7.19. The number of hydrogen-bond acceptors (Lipinski definition) is 4. The number of nitriles is 1. The van der Waals surface area contributed by atoms with Gasteiger partial charge in [0, 0.05) is 0 Å². The summed E-state index contributed by atoms with van der Waals surface area (Å²) >= 11 is 0. The molecule has 1 aromatic carbocycles. The number of hydrogen-bond donors (Lipinski definition) is 2. The fourth-order valence-corrected chi connectivity index (χ4v) is 1.83. The van der Waals surface area contributed by atoms with E-state index in [2.05, 4.69) is 5.32 Å². The van der Waals surface area contributed by atoms with Crippen LogP contribution in [0, 0.1) is 11.3 Å². The SMILES string of the molecule is CCc1cc2c(c(N)c1C#N)C(=O)NC2=O. The Bertz CT molecular complexity index is 555. The van der Waals surface area contributed by atoms with Gasteiger partial charge in [-0.2, -0.15) is 5.26 Å². The van der Waals surface area contributed by atoms with Crippen LogP contribution in [-0.4, -0.2) is 11.8 Å². The summed E-state index contributed by atoms with van der Waals surface area (Å²) < 4.78 is 0. The Morgan fingerprint density at radius 1 is 1.44 bits per heavy atom. The molecular weight excluding hydrogens is 206 g/mol. The van der Waals surface area contributed by atoms with E-state index in [1.54, 1.807) is 6.07 Å². The van der Waals surface area contributed by atoms with Gasteiger partial charge in [0.1, 0.15) is 6.07 Å². The second-order valence-electron chi connectivity index (χ2n) is 3.50. The number of anilines is 1. The Balaban J connectivity index is 2.82. The third kappa shape index (κ3) is 1.17. The van der Waals surface area contributed by atoms with Crippen LogP contribution >= 0.6 is 0 Å². The zero-order valence-electron chi connectivity index (χ0n) is 8.63. The summed E-state index contributed by atoms with van der Waals surface area (Å²) in [4.78, 5) is 22.9. The van der Waals surface area contributed by atoms with E-state index in [4.69, 9.17) is 11.0 Å². The fourth-order valence-electron chi connectivity index (χ4n) is 1.83. The Morgan fingerprint density at radius 3 is 2.69 bits per heavy atom. The first-order chi connectivity index (χ1) is 7.60. The molecule has 0 fully saturated rings. The number of nitrogens with zero attached hydrogens (tertiary/aromatic N) is 1. The number of benzene rings is 1. The van der Waals surface area contributed by atoms with Crippen molar-refractivity contribution in [1.29, 1.82) is 5.26 Å².